The van der Waals surface area contributed by atoms with Crippen LogP contribution in [-0.2, 0) is 18.3 Å². The van der Waals surface area contributed by atoms with E-state index in [0.29, 0.717) is 33.5 Å². The maximum atomic E-state index is 13.6. The van der Waals surface area contributed by atoms with Crippen molar-refractivity contribution in [3.8, 4) is 11.5 Å². The number of rotatable bonds is 3. The Kier molecular flexibility index (Phi) is 3.13. The van der Waals surface area contributed by atoms with Gasteiger partial charge in [-0.25, -0.2) is 9.37 Å². The zero-order valence-corrected chi connectivity index (χ0v) is 12.7. The van der Waals surface area contributed by atoms with Gasteiger partial charge in [-0.3, -0.25) is 0 Å². The monoisotopic (exact) mass is 323 g/mol. The second-order valence-electron chi connectivity index (χ2n) is 5.69. The van der Waals surface area contributed by atoms with E-state index in [1.165, 1.54) is 12.1 Å². The average molecular weight is 323 g/mol. The minimum absolute atomic E-state index is 0.189. The number of carbonyl (C=O) groups is 1. The van der Waals surface area contributed by atoms with E-state index in [4.69, 9.17) is 4.42 Å². The number of carbonyl (C=O) groups excluding carboxylic acids is 1. The third-order valence-electron chi connectivity index (χ3n) is 3.98. The van der Waals surface area contributed by atoms with E-state index in [1.807, 2.05) is 17.8 Å². The lowest BCUT2D eigenvalue weighted by Gasteiger charge is -2.00. The number of carboxylic acids is 1. The highest BCUT2D eigenvalue weighted by Gasteiger charge is 2.15. The van der Waals surface area contributed by atoms with Gasteiger partial charge in [0.25, 0.3) is 0 Å². The van der Waals surface area contributed by atoms with Gasteiger partial charge in [0.05, 0.1) is 5.56 Å². The van der Waals surface area contributed by atoms with Crippen LogP contribution in [-0.4, -0.2) is 15.5 Å². The largest absolute Gasteiger partial charge is 0.550 e. The molecule has 2 aromatic carbocycles. The Bertz CT molecular complexity index is 1090. The van der Waals surface area contributed by atoms with Crippen molar-refractivity contribution in [2.24, 2.45) is 7.05 Å². The Hall–Kier alpha value is -3.15. The van der Waals surface area contributed by atoms with E-state index in [0.717, 1.165) is 5.52 Å². The van der Waals surface area contributed by atoms with Gasteiger partial charge in [0.15, 0.2) is 5.58 Å². The predicted molar refractivity (Wildman–Crippen MR) is 84.6 cm³/mol. The minimum atomic E-state index is -1.15. The molecule has 0 bridgehead atoms. The normalized spacial score (nSPS) is 11.4. The molecule has 0 aliphatic carbocycles. The topological polar surface area (TPSA) is 71.1 Å². The van der Waals surface area contributed by atoms with Gasteiger partial charge in [-0.15, -0.1) is 0 Å². The van der Waals surface area contributed by atoms with Crippen molar-refractivity contribution in [1.29, 1.82) is 0 Å². The summed E-state index contributed by atoms with van der Waals surface area (Å²) in [6.45, 7) is 0. The van der Waals surface area contributed by atoms with Crippen molar-refractivity contribution in [2.45, 2.75) is 6.42 Å². The molecule has 0 radical (unpaired) electrons. The average Bonchev–Trinajstić information content (AvgIpc) is 3.07. The molecule has 0 spiro atoms. The summed E-state index contributed by atoms with van der Waals surface area (Å²) < 4.78 is 21.3. The number of fused-ring (bicyclic) bond motifs is 2. The van der Waals surface area contributed by atoms with Crippen molar-refractivity contribution in [2.75, 3.05) is 0 Å². The first-order valence-electron chi connectivity index (χ1n) is 7.35. The molecule has 0 N–H and O–H groups in total. The van der Waals surface area contributed by atoms with Crippen LogP contribution in [0.25, 0.3) is 33.5 Å². The summed E-state index contributed by atoms with van der Waals surface area (Å²) in [4.78, 5) is 15.1. The molecule has 24 heavy (non-hydrogen) atoms. The van der Waals surface area contributed by atoms with Gasteiger partial charge in [0.1, 0.15) is 11.3 Å². The van der Waals surface area contributed by atoms with E-state index in [2.05, 4.69) is 4.98 Å². The molecule has 0 saturated heterocycles. The number of halogens is 1. The third kappa shape index (κ3) is 2.32. The van der Waals surface area contributed by atoms with Crippen LogP contribution < -0.4 is 5.11 Å². The predicted octanol–water partition coefficient (Wildman–Crippen LogP) is 2.42. The van der Waals surface area contributed by atoms with E-state index < -0.39 is 5.97 Å². The van der Waals surface area contributed by atoms with E-state index in [1.54, 1.807) is 24.3 Å². The Balaban J connectivity index is 1.87. The summed E-state index contributed by atoms with van der Waals surface area (Å²) in [5.74, 6) is -1.12. The number of carboxylic acid groups (broad SMARTS) is 1. The number of hydrogen-bond acceptors (Lipinski definition) is 4. The molecule has 0 aliphatic heterocycles. The molecule has 0 saturated carbocycles. The van der Waals surface area contributed by atoms with Gasteiger partial charge in [-0.1, -0.05) is 6.07 Å². The molecule has 2 heterocycles. The standard InChI is InChI=1S/C18H13FN2O3/c1-21-9-13(12-8-11(19)3-5-15(12)21)18-20-14-4-2-10(7-17(22)23)6-16(14)24-18/h2-6,8-9H,7H2,1H3,(H,22,23)/p-1. The highest BCUT2D eigenvalue weighted by molar-refractivity contribution is 5.95. The molecule has 4 rings (SSSR count). The Morgan fingerprint density at radius 1 is 1.29 bits per heavy atom. The second-order valence-corrected chi connectivity index (χ2v) is 5.69. The Morgan fingerprint density at radius 2 is 2.12 bits per heavy atom. The van der Waals surface area contributed by atoms with Gasteiger partial charge >= 0.3 is 0 Å². The van der Waals surface area contributed by atoms with Crippen molar-refractivity contribution < 1.29 is 18.7 Å². The highest BCUT2D eigenvalue weighted by Crippen LogP contribution is 2.32. The van der Waals surface area contributed by atoms with Crippen molar-refractivity contribution in [3.05, 3.63) is 54.0 Å². The van der Waals surface area contributed by atoms with Gasteiger partial charge in [0, 0.05) is 36.5 Å². The summed E-state index contributed by atoms with van der Waals surface area (Å²) in [6, 6.07) is 9.56. The quantitative estimate of drug-likeness (QED) is 0.580. The van der Waals surface area contributed by atoms with Crippen LogP contribution in [0.3, 0.4) is 0 Å². The SMILES string of the molecule is Cn1cc(-c2nc3ccc(CC(=O)[O-])cc3o2)c2cc(F)ccc21. The zero-order chi connectivity index (χ0) is 16.8. The number of aryl methyl sites for hydroxylation is 1. The van der Waals surface area contributed by atoms with E-state index in [9.17, 15) is 14.3 Å². The number of nitrogens with zero attached hydrogens (tertiary/aromatic N) is 2. The van der Waals surface area contributed by atoms with Crippen molar-refractivity contribution in [3.63, 3.8) is 0 Å². The first-order valence-corrected chi connectivity index (χ1v) is 7.35. The molecular formula is C18H12FN2O3-. The maximum Gasteiger partial charge on any atom is 0.229 e. The molecule has 5 nitrogen and oxygen atoms in total. The zero-order valence-electron chi connectivity index (χ0n) is 12.7. The minimum Gasteiger partial charge on any atom is -0.550 e. The number of aliphatic carboxylic acids is 1. The van der Waals surface area contributed by atoms with Crippen LogP contribution >= 0.6 is 0 Å². The Labute approximate surface area is 136 Å². The summed E-state index contributed by atoms with van der Waals surface area (Å²) in [7, 11) is 1.87. The van der Waals surface area contributed by atoms with Crippen LogP contribution in [0.4, 0.5) is 4.39 Å². The lowest BCUT2D eigenvalue weighted by atomic mass is 10.1. The van der Waals surface area contributed by atoms with Gasteiger partial charge in [0.2, 0.25) is 5.89 Å². The second kappa shape index (κ2) is 5.19. The molecule has 0 amide bonds. The number of oxazole rings is 1. The smallest absolute Gasteiger partial charge is 0.229 e. The number of aromatic nitrogens is 2. The molecule has 2 aromatic heterocycles. The van der Waals surface area contributed by atoms with Gasteiger partial charge < -0.3 is 18.9 Å². The lowest BCUT2D eigenvalue weighted by molar-refractivity contribution is -0.304. The molecule has 0 fully saturated rings. The Morgan fingerprint density at radius 3 is 2.92 bits per heavy atom. The first-order chi connectivity index (χ1) is 11.5. The first kappa shape index (κ1) is 14.4. The van der Waals surface area contributed by atoms with Crippen molar-refractivity contribution >= 4 is 28.0 Å². The van der Waals surface area contributed by atoms with Gasteiger partial charge in [-0.05, 0) is 35.9 Å². The maximum absolute atomic E-state index is 13.6. The number of benzene rings is 2. The van der Waals surface area contributed by atoms with Crippen LogP contribution in [0.15, 0.2) is 47.0 Å². The summed E-state index contributed by atoms with van der Waals surface area (Å²) >= 11 is 0. The highest BCUT2D eigenvalue weighted by atomic mass is 19.1. The number of hydrogen-bond donors (Lipinski definition) is 0. The van der Waals surface area contributed by atoms with Gasteiger partial charge in [-0.2, -0.15) is 0 Å². The van der Waals surface area contributed by atoms with Crippen LogP contribution in [0.1, 0.15) is 5.56 Å². The summed E-state index contributed by atoms with van der Waals surface area (Å²) in [5.41, 5.74) is 3.22. The molecule has 0 unspecified atom stereocenters. The van der Waals surface area contributed by atoms with Crippen molar-refractivity contribution in [1.82, 2.24) is 9.55 Å². The fraction of sp³-hybridized carbons (Fsp3) is 0.111. The third-order valence-corrected chi connectivity index (χ3v) is 3.98. The fourth-order valence-corrected chi connectivity index (χ4v) is 2.90. The van der Waals surface area contributed by atoms with Crippen LogP contribution in [0.5, 0.6) is 0 Å². The summed E-state index contributed by atoms with van der Waals surface area (Å²) in [6.07, 6.45) is 1.64. The molecule has 0 aliphatic rings. The molecule has 120 valence electrons. The molecular weight excluding hydrogens is 311 g/mol. The van der Waals surface area contributed by atoms with Crippen LogP contribution in [0.2, 0.25) is 0 Å². The molecule has 0 atom stereocenters. The lowest BCUT2D eigenvalue weighted by Crippen LogP contribution is -2.24. The molecule has 4 aromatic rings. The van der Waals surface area contributed by atoms with Crippen LogP contribution in [0, 0.1) is 5.82 Å². The van der Waals surface area contributed by atoms with E-state index in [-0.39, 0.29) is 12.2 Å². The fourth-order valence-electron chi connectivity index (χ4n) is 2.90. The molecule has 6 heteroatoms. The van der Waals surface area contributed by atoms with E-state index >= 15 is 0 Å². The summed E-state index contributed by atoms with van der Waals surface area (Å²) in [5, 5.41) is 11.4.